The molecular weight excluding hydrogens is 285 g/mol. The zero-order chi connectivity index (χ0) is 15.9. The van der Waals surface area contributed by atoms with Gasteiger partial charge >= 0.3 is 6.03 Å². The van der Waals surface area contributed by atoms with Crippen LogP contribution < -0.4 is 16.4 Å². The van der Waals surface area contributed by atoms with Crippen molar-refractivity contribution < 1.29 is 14.0 Å². The van der Waals surface area contributed by atoms with Gasteiger partial charge in [-0.05, 0) is 18.9 Å². The predicted octanol–water partition coefficient (Wildman–Crippen LogP) is 2.37. The van der Waals surface area contributed by atoms with E-state index in [4.69, 9.17) is 5.73 Å². The molecule has 6 heteroatoms. The zero-order valence-electron chi connectivity index (χ0n) is 12.5. The highest BCUT2D eigenvalue weighted by molar-refractivity contribution is 5.79. The highest BCUT2D eigenvalue weighted by Gasteiger charge is 2.22. The molecule has 1 unspecified atom stereocenters. The van der Waals surface area contributed by atoms with E-state index in [9.17, 15) is 14.0 Å². The van der Waals surface area contributed by atoms with Crippen molar-refractivity contribution in [1.29, 1.82) is 0 Å². The highest BCUT2D eigenvalue weighted by atomic mass is 19.1. The van der Waals surface area contributed by atoms with E-state index in [-0.39, 0.29) is 23.9 Å². The first kappa shape index (κ1) is 16.3. The third-order valence-corrected chi connectivity index (χ3v) is 3.96. The van der Waals surface area contributed by atoms with Crippen molar-refractivity contribution in [3.8, 4) is 0 Å². The van der Waals surface area contributed by atoms with Crippen molar-refractivity contribution in [2.24, 2.45) is 5.73 Å². The molecule has 1 aliphatic rings. The summed E-state index contributed by atoms with van der Waals surface area (Å²) in [5.41, 5.74) is 5.40. The van der Waals surface area contributed by atoms with Crippen LogP contribution >= 0.6 is 0 Å². The van der Waals surface area contributed by atoms with E-state index in [1.165, 1.54) is 12.5 Å². The summed E-state index contributed by atoms with van der Waals surface area (Å²) in [6.45, 7) is 0. The highest BCUT2D eigenvalue weighted by Crippen LogP contribution is 2.21. The number of nitrogens with one attached hydrogen (secondary N) is 2. The predicted molar refractivity (Wildman–Crippen MR) is 81.5 cm³/mol. The molecule has 0 heterocycles. The van der Waals surface area contributed by atoms with Crippen LogP contribution in [0.25, 0.3) is 0 Å². The number of amides is 3. The maximum absolute atomic E-state index is 13.9. The number of hydrogen-bond donors (Lipinski definition) is 3. The summed E-state index contributed by atoms with van der Waals surface area (Å²) in [4.78, 5) is 23.3. The minimum atomic E-state index is -0.779. The molecule has 3 amide bonds. The Bertz CT molecular complexity index is 530. The lowest BCUT2D eigenvalue weighted by molar-refractivity contribution is -0.122. The van der Waals surface area contributed by atoms with Crippen molar-refractivity contribution in [2.45, 2.75) is 50.6 Å². The average Bonchev–Trinajstić information content (AvgIpc) is 2.47. The molecule has 4 N–H and O–H groups in total. The molecule has 1 atom stereocenters. The van der Waals surface area contributed by atoms with Crippen LogP contribution in [0, 0.1) is 5.82 Å². The number of nitrogens with two attached hydrogens (primary N) is 1. The Morgan fingerprint density at radius 3 is 2.55 bits per heavy atom. The van der Waals surface area contributed by atoms with Crippen molar-refractivity contribution >= 4 is 11.9 Å². The summed E-state index contributed by atoms with van der Waals surface area (Å²) in [5.74, 6) is -0.666. The molecule has 1 saturated carbocycles. The first-order valence-electron chi connectivity index (χ1n) is 7.66. The monoisotopic (exact) mass is 307 g/mol. The quantitative estimate of drug-likeness (QED) is 0.780. The molecule has 2 rings (SSSR count). The Balaban J connectivity index is 2.01. The second-order valence-electron chi connectivity index (χ2n) is 5.69. The second-order valence-corrected chi connectivity index (χ2v) is 5.69. The number of benzene rings is 1. The maximum atomic E-state index is 13.9. The van der Waals surface area contributed by atoms with Crippen LogP contribution in [0.2, 0.25) is 0 Å². The number of primary amides is 1. The summed E-state index contributed by atoms with van der Waals surface area (Å²) < 4.78 is 13.9. The average molecular weight is 307 g/mol. The van der Waals surface area contributed by atoms with E-state index < -0.39 is 17.9 Å². The standard InChI is InChI=1S/C16H22FN3O2/c17-13-9-5-4-8-12(13)14(20-16(18)22)10-15(21)19-11-6-2-1-3-7-11/h4-5,8-9,11,14H,1-3,6-7,10H2,(H,19,21)(H3,18,20,22). The molecule has 0 spiro atoms. The fraction of sp³-hybridized carbons (Fsp3) is 0.500. The van der Waals surface area contributed by atoms with Gasteiger partial charge in [0.2, 0.25) is 5.91 Å². The van der Waals surface area contributed by atoms with Gasteiger partial charge < -0.3 is 16.4 Å². The molecule has 0 aromatic heterocycles. The van der Waals surface area contributed by atoms with Gasteiger partial charge in [0.05, 0.1) is 12.5 Å². The van der Waals surface area contributed by atoms with E-state index in [1.807, 2.05) is 0 Å². The maximum Gasteiger partial charge on any atom is 0.312 e. The minimum absolute atomic E-state index is 0.0274. The SMILES string of the molecule is NC(=O)NC(CC(=O)NC1CCCCC1)c1ccccc1F. The summed E-state index contributed by atoms with van der Waals surface area (Å²) in [6.07, 6.45) is 5.34. The molecule has 0 bridgehead atoms. The number of halogens is 1. The molecule has 1 aliphatic carbocycles. The van der Waals surface area contributed by atoms with E-state index in [1.54, 1.807) is 18.2 Å². The Kier molecular flexibility index (Phi) is 5.75. The fourth-order valence-corrected chi connectivity index (χ4v) is 2.89. The number of carbonyl (C=O) groups excluding carboxylic acids is 2. The smallest absolute Gasteiger partial charge is 0.312 e. The lowest BCUT2D eigenvalue weighted by Crippen LogP contribution is -2.40. The Morgan fingerprint density at radius 2 is 1.91 bits per heavy atom. The molecule has 1 fully saturated rings. The van der Waals surface area contributed by atoms with Gasteiger partial charge in [0.15, 0.2) is 0 Å². The van der Waals surface area contributed by atoms with Crippen LogP contribution in [0.4, 0.5) is 9.18 Å². The Morgan fingerprint density at radius 1 is 1.23 bits per heavy atom. The van der Waals surface area contributed by atoms with Crippen LogP contribution in [-0.2, 0) is 4.79 Å². The summed E-state index contributed by atoms with van der Waals surface area (Å²) in [7, 11) is 0. The summed E-state index contributed by atoms with van der Waals surface area (Å²) in [5, 5.41) is 5.40. The number of hydrogen-bond acceptors (Lipinski definition) is 2. The lowest BCUT2D eigenvalue weighted by atomic mass is 9.95. The van der Waals surface area contributed by atoms with Crippen molar-refractivity contribution in [3.63, 3.8) is 0 Å². The first-order valence-corrected chi connectivity index (χ1v) is 7.66. The molecule has 120 valence electrons. The summed E-state index contributed by atoms with van der Waals surface area (Å²) >= 11 is 0. The molecule has 1 aromatic carbocycles. The molecule has 22 heavy (non-hydrogen) atoms. The molecule has 1 aromatic rings. The van der Waals surface area contributed by atoms with Gasteiger partial charge in [-0.25, -0.2) is 9.18 Å². The van der Waals surface area contributed by atoms with E-state index >= 15 is 0 Å². The zero-order valence-corrected chi connectivity index (χ0v) is 12.5. The minimum Gasteiger partial charge on any atom is -0.353 e. The van der Waals surface area contributed by atoms with E-state index in [0.29, 0.717) is 0 Å². The van der Waals surface area contributed by atoms with Gasteiger partial charge in [-0.15, -0.1) is 0 Å². The van der Waals surface area contributed by atoms with E-state index in [2.05, 4.69) is 10.6 Å². The van der Waals surface area contributed by atoms with Gasteiger partial charge in [-0.3, -0.25) is 4.79 Å². The van der Waals surface area contributed by atoms with Crippen LogP contribution in [0.1, 0.15) is 50.1 Å². The van der Waals surface area contributed by atoms with Crippen LogP contribution in [0.15, 0.2) is 24.3 Å². The summed E-state index contributed by atoms with van der Waals surface area (Å²) in [6, 6.07) is 4.70. The number of rotatable bonds is 5. The van der Waals surface area contributed by atoms with Crippen LogP contribution in [-0.4, -0.2) is 18.0 Å². The number of urea groups is 1. The van der Waals surface area contributed by atoms with Gasteiger partial charge in [0.25, 0.3) is 0 Å². The third-order valence-electron chi connectivity index (χ3n) is 3.96. The largest absolute Gasteiger partial charge is 0.353 e. The normalized spacial score (nSPS) is 16.8. The molecule has 5 nitrogen and oxygen atoms in total. The Labute approximate surface area is 129 Å². The lowest BCUT2D eigenvalue weighted by Gasteiger charge is -2.24. The van der Waals surface area contributed by atoms with E-state index in [0.717, 1.165) is 25.7 Å². The van der Waals surface area contributed by atoms with Crippen molar-refractivity contribution in [2.75, 3.05) is 0 Å². The molecule has 0 radical (unpaired) electrons. The topological polar surface area (TPSA) is 84.2 Å². The second kappa shape index (κ2) is 7.77. The van der Waals surface area contributed by atoms with Gasteiger partial charge in [0, 0.05) is 11.6 Å². The van der Waals surface area contributed by atoms with Crippen LogP contribution in [0.3, 0.4) is 0 Å². The molecular formula is C16H22FN3O2. The van der Waals surface area contributed by atoms with Gasteiger partial charge in [0.1, 0.15) is 5.82 Å². The molecule has 0 aliphatic heterocycles. The fourth-order valence-electron chi connectivity index (χ4n) is 2.89. The number of carbonyl (C=O) groups is 2. The van der Waals surface area contributed by atoms with Crippen LogP contribution in [0.5, 0.6) is 0 Å². The van der Waals surface area contributed by atoms with Gasteiger partial charge in [-0.1, -0.05) is 37.5 Å². The van der Waals surface area contributed by atoms with Gasteiger partial charge in [-0.2, -0.15) is 0 Å². The first-order chi connectivity index (χ1) is 10.6. The Hall–Kier alpha value is -2.11. The van der Waals surface area contributed by atoms with Crippen molar-refractivity contribution in [1.82, 2.24) is 10.6 Å². The van der Waals surface area contributed by atoms with Crippen molar-refractivity contribution in [3.05, 3.63) is 35.6 Å². The molecule has 0 saturated heterocycles. The third kappa shape index (κ3) is 4.72.